The number of nitrogens with zero attached hydrogens (tertiary/aromatic N) is 3. The van der Waals surface area contributed by atoms with Crippen molar-refractivity contribution in [1.29, 1.82) is 5.26 Å². The number of piperazine rings is 1. The highest BCUT2D eigenvalue weighted by Crippen LogP contribution is 2.16. The number of carbonyl (C=O) groups excluding carboxylic acids is 2. The fraction of sp³-hybridized carbons (Fsp3) is 0.286. The quantitative estimate of drug-likeness (QED) is 0.906. The molecule has 0 aromatic heterocycles. The van der Waals surface area contributed by atoms with E-state index in [2.05, 4.69) is 16.3 Å². The molecule has 2 aromatic rings. The second-order valence-corrected chi connectivity index (χ2v) is 6.52. The summed E-state index contributed by atoms with van der Waals surface area (Å²) >= 11 is 0. The molecule has 0 spiro atoms. The summed E-state index contributed by atoms with van der Waals surface area (Å²) in [6.45, 7) is 4.28. The third-order valence-corrected chi connectivity index (χ3v) is 4.85. The summed E-state index contributed by atoms with van der Waals surface area (Å²) in [5, 5.41) is 12.0. The fourth-order valence-corrected chi connectivity index (χ4v) is 3.17. The number of amides is 2. The smallest absolute Gasteiger partial charge is 0.253 e. The predicted molar refractivity (Wildman–Crippen MR) is 103 cm³/mol. The lowest BCUT2D eigenvalue weighted by molar-refractivity contribution is -0.121. The van der Waals surface area contributed by atoms with Gasteiger partial charge >= 0.3 is 0 Å². The van der Waals surface area contributed by atoms with E-state index < -0.39 is 0 Å². The van der Waals surface area contributed by atoms with Crippen LogP contribution in [0.1, 0.15) is 22.8 Å². The van der Waals surface area contributed by atoms with E-state index in [1.54, 1.807) is 24.3 Å². The summed E-state index contributed by atoms with van der Waals surface area (Å²) in [5.74, 6) is -0.129. The van der Waals surface area contributed by atoms with Crippen LogP contribution in [0.15, 0.2) is 54.6 Å². The Bertz CT molecular complexity index is 852. The molecule has 2 aromatic carbocycles. The molecule has 6 heteroatoms. The zero-order valence-corrected chi connectivity index (χ0v) is 15.3. The average molecular weight is 362 g/mol. The van der Waals surface area contributed by atoms with Crippen LogP contribution in [0.4, 0.5) is 5.69 Å². The lowest BCUT2D eigenvalue weighted by atomic mass is 10.1. The van der Waals surface area contributed by atoms with Gasteiger partial charge < -0.3 is 10.2 Å². The number of hydrogen-bond acceptors (Lipinski definition) is 4. The molecule has 0 radical (unpaired) electrons. The first-order valence-electron chi connectivity index (χ1n) is 8.98. The van der Waals surface area contributed by atoms with Crippen molar-refractivity contribution >= 4 is 17.5 Å². The van der Waals surface area contributed by atoms with Crippen molar-refractivity contribution in [2.45, 2.75) is 13.0 Å². The minimum absolute atomic E-state index is 0.0234. The van der Waals surface area contributed by atoms with Crippen LogP contribution in [-0.2, 0) is 4.79 Å². The largest absolute Gasteiger partial charge is 0.336 e. The molecule has 1 saturated heterocycles. The number of para-hydroxylation sites is 1. The highest BCUT2D eigenvalue weighted by Gasteiger charge is 2.28. The van der Waals surface area contributed by atoms with Gasteiger partial charge in [0.1, 0.15) is 6.07 Å². The van der Waals surface area contributed by atoms with Crippen LogP contribution < -0.4 is 5.32 Å². The van der Waals surface area contributed by atoms with E-state index in [0.29, 0.717) is 43.0 Å². The SMILES string of the molecule is CC(C(=O)Nc1ccccc1C#N)N1CCN(C(=O)c2ccccc2)CC1. The number of anilines is 1. The first-order valence-corrected chi connectivity index (χ1v) is 8.98. The highest BCUT2D eigenvalue weighted by atomic mass is 16.2. The molecular formula is C21H22N4O2. The van der Waals surface area contributed by atoms with Gasteiger partial charge in [-0.3, -0.25) is 14.5 Å². The number of nitrogens with one attached hydrogen (secondary N) is 1. The van der Waals surface area contributed by atoms with Crippen LogP contribution in [0.3, 0.4) is 0 Å². The Morgan fingerprint density at radius 3 is 2.30 bits per heavy atom. The van der Waals surface area contributed by atoms with E-state index in [1.165, 1.54) is 0 Å². The number of hydrogen-bond donors (Lipinski definition) is 1. The molecule has 1 N–H and O–H groups in total. The van der Waals surface area contributed by atoms with Crippen molar-refractivity contribution in [2.75, 3.05) is 31.5 Å². The summed E-state index contributed by atoms with van der Waals surface area (Å²) in [4.78, 5) is 29.0. The van der Waals surface area contributed by atoms with Crippen molar-refractivity contribution in [2.24, 2.45) is 0 Å². The van der Waals surface area contributed by atoms with Crippen molar-refractivity contribution < 1.29 is 9.59 Å². The Morgan fingerprint density at radius 1 is 1.00 bits per heavy atom. The number of rotatable bonds is 4. The van der Waals surface area contributed by atoms with Crippen molar-refractivity contribution in [3.63, 3.8) is 0 Å². The molecule has 1 aliphatic rings. The molecule has 0 saturated carbocycles. The van der Waals surface area contributed by atoms with Gasteiger partial charge in [-0.1, -0.05) is 30.3 Å². The molecule has 6 nitrogen and oxygen atoms in total. The van der Waals surface area contributed by atoms with Crippen LogP contribution in [0.2, 0.25) is 0 Å². The van der Waals surface area contributed by atoms with Gasteiger partial charge in [-0.15, -0.1) is 0 Å². The normalized spacial score (nSPS) is 15.6. The molecule has 2 amide bonds. The summed E-state index contributed by atoms with van der Waals surface area (Å²) in [7, 11) is 0. The summed E-state index contributed by atoms with van der Waals surface area (Å²) in [5.41, 5.74) is 1.65. The second kappa shape index (κ2) is 8.47. The Balaban J connectivity index is 1.56. The third-order valence-electron chi connectivity index (χ3n) is 4.85. The minimum atomic E-state index is -0.342. The Hall–Kier alpha value is -3.17. The fourth-order valence-electron chi connectivity index (χ4n) is 3.17. The lowest BCUT2D eigenvalue weighted by Gasteiger charge is -2.37. The van der Waals surface area contributed by atoms with Gasteiger partial charge in [-0.25, -0.2) is 0 Å². The van der Waals surface area contributed by atoms with E-state index in [9.17, 15) is 9.59 Å². The summed E-state index contributed by atoms with van der Waals surface area (Å²) in [6.07, 6.45) is 0. The average Bonchev–Trinajstić information content (AvgIpc) is 2.73. The lowest BCUT2D eigenvalue weighted by Crippen LogP contribution is -2.54. The molecule has 1 atom stereocenters. The second-order valence-electron chi connectivity index (χ2n) is 6.52. The molecule has 0 aliphatic carbocycles. The van der Waals surface area contributed by atoms with Crippen molar-refractivity contribution in [1.82, 2.24) is 9.80 Å². The topological polar surface area (TPSA) is 76.4 Å². The molecule has 27 heavy (non-hydrogen) atoms. The van der Waals surface area contributed by atoms with Gasteiger partial charge in [0.25, 0.3) is 5.91 Å². The predicted octanol–water partition coefficient (Wildman–Crippen LogP) is 2.34. The van der Waals surface area contributed by atoms with Gasteiger partial charge in [0, 0.05) is 31.7 Å². The molecule has 138 valence electrons. The molecule has 1 unspecified atom stereocenters. The zero-order chi connectivity index (χ0) is 19.2. The minimum Gasteiger partial charge on any atom is -0.336 e. The van der Waals surface area contributed by atoms with Crippen molar-refractivity contribution in [3.8, 4) is 6.07 Å². The van der Waals surface area contributed by atoms with Crippen LogP contribution in [0.5, 0.6) is 0 Å². The summed E-state index contributed by atoms with van der Waals surface area (Å²) in [6, 6.07) is 17.9. The Morgan fingerprint density at radius 2 is 1.63 bits per heavy atom. The van der Waals surface area contributed by atoms with Crippen LogP contribution >= 0.6 is 0 Å². The summed E-state index contributed by atoms with van der Waals surface area (Å²) < 4.78 is 0. The molecule has 3 rings (SSSR count). The van der Waals surface area contributed by atoms with Crippen LogP contribution in [-0.4, -0.2) is 53.8 Å². The first-order chi connectivity index (χ1) is 13.1. The standard InChI is InChI=1S/C21H22N4O2/c1-16(20(26)23-19-10-6-5-9-18(19)15-22)24-11-13-25(14-12-24)21(27)17-7-3-2-4-8-17/h2-10,16H,11-14H2,1H3,(H,23,26). The van der Waals surface area contributed by atoms with E-state index in [-0.39, 0.29) is 17.9 Å². The Kier molecular flexibility index (Phi) is 5.84. The maximum absolute atomic E-state index is 12.6. The van der Waals surface area contributed by atoms with E-state index in [1.807, 2.05) is 42.2 Å². The van der Waals surface area contributed by atoms with E-state index >= 15 is 0 Å². The molecule has 0 bridgehead atoms. The Labute approximate surface area is 159 Å². The van der Waals surface area contributed by atoms with Crippen LogP contribution in [0.25, 0.3) is 0 Å². The zero-order valence-electron chi connectivity index (χ0n) is 15.3. The maximum atomic E-state index is 12.6. The van der Waals surface area contributed by atoms with Gasteiger partial charge in [0.05, 0.1) is 17.3 Å². The van der Waals surface area contributed by atoms with Gasteiger partial charge in [0.15, 0.2) is 0 Å². The molecule has 1 fully saturated rings. The number of nitriles is 1. The van der Waals surface area contributed by atoms with Gasteiger partial charge in [0.2, 0.25) is 5.91 Å². The maximum Gasteiger partial charge on any atom is 0.253 e. The number of benzene rings is 2. The third kappa shape index (κ3) is 4.33. The van der Waals surface area contributed by atoms with Gasteiger partial charge in [-0.2, -0.15) is 5.26 Å². The van der Waals surface area contributed by atoms with Crippen LogP contribution in [0, 0.1) is 11.3 Å². The van der Waals surface area contributed by atoms with Gasteiger partial charge in [-0.05, 0) is 31.2 Å². The molecule has 1 heterocycles. The number of carbonyl (C=O) groups is 2. The highest BCUT2D eigenvalue weighted by molar-refractivity contribution is 5.96. The van der Waals surface area contributed by atoms with Crippen molar-refractivity contribution in [3.05, 3.63) is 65.7 Å². The molecular weight excluding hydrogens is 340 g/mol. The van der Waals surface area contributed by atoms with E-state index in [4.69, 9.17) is 5.26 Å². The van der Waals surface area contributed by atoms with E-state index in [0.717, 1.165) is 0 Å². The first kappa shape index (κ1) is 18.6. The monoisotopic (exact) mass is 362 g/mol. The molecule has 1 aliphatic heterocycles.